The molecule has 0 fully saturated rings. The lowest BCUT2D eigenvalue weighted by atomic mass is 10.1. The minimum Gasteiger partial charge on any atom is -0.457 e. The molecule has 0 rings (SSSR count). The van der Waals surface area contributed by atoms with E-state index in [9.17, 15) is 19.4 Å². The van der Waals surface area contributed by atoms with E-state index in [1.807, 2.05) is 0 Å². The summed E-state index contributed by atoms with van der Waals surface area (Å²) < 4.78 is 33.4. The Labute approximate surface area is 366 Å². The van der Waals surface area contributed by atoms with Gasteiger partial charge in [-0.15, -0.1) is 0 Å². The molecule has 9 nitrogen and oxygen atoms in total. The van der Waals surface area contributed by atoms with Gasteiger partial charge in [0.1, 0.15) is 12.2 Å². The highest BCUT2D eigenvalue weighted by molar-refractivity contribution is 7.47. The number of allylic oxidation sites excluding steroid dienone is 16. The minimum atomic E-state index is -4.54. The Morgan fingerprint density at radius 1 is 0.533 bits per heavy atom. The molecule has 0 heterocycles. The Kier molecular flexibility index (Phi) is 43.9. The number of hydrogen-bond donors (Lipinski definition) is 3. The highest BCUT2D eigenvalue weighted by Gasteiger charge is 2.26. The summed E-state index contributed by atoms with van der Waals surface area (Å²) >= 11 is 0. The molecule has 3 atom stereocenters. The number of hydrogen-bond acceptors (Lipinski definition) is 8. The maximum Gasteiger partial charge on any atom is 0.472 e. The van der Waals surface area contributed by atoms with Crippen LogP contribution in [0.1, 0.15) is 168 Å². The summed E-state index contributed by atoms with van der Waals surface area (Å²) in [6.45, 7) is 3.20. The van der Waals surface area contributed by atoms with Gasteiger partial charge in [0.05, 0.1) is 26.4 Å². The number of carbonyl (C=O) groups is 1. The van der Waals surface area contributed by atoms with Gasteiger partial charge >= 0.3 is 13.8 Å². The highest BCUT2D eigenvalue weighted by atomic mass is 31.2. The Balaban J connectivity index is 4.27. The first-order valence-electron chi connectivity index (χ1n) is 23.2. The van der Waals surface area contributed by atoms with E-state index in [0.717, 1.165) is 83.5 Å². The zero-order valence-corrected chi connectivity index (χ0v) is 38.5. The number of aliphatic hydroxyl groups excluding tert-OH is 2. The summed E-state index contributed by atoms with van der Waals surface area (Å²) in [7, 11) is -4.54. The molecule has 0 aromatic heterocycles. The number of phosphoric ester groups is 1. The molecule has 0 aliphatic rings. The molecule has 0 saturated carbocycles. The first-order chi connectivity index (χ1) is 29.3. The maximum absolute atomic E-state index is 12.6. The number of aliphatic hydroxyl groups is 2. The van der Waals surface area contributed by atoms with Crippen LogP contribution < -0.4 is 0 Å². The molecule has 0 aromatic carbocycles. The molecular formula is C50H85O9P. The van der Waals surface area contributed by atoms with Gasteiger partial charge in [0.25, 0.3) is 0 Å². The van der Waals surface area contributed by atoms with Crippen LogP contribution in [0, 0.1) is 0 Å². The van der Waals surface area contributed by atoms with Gasteiger partial charge in [-0.05, 0) is 89.9 Å². The highest BCUT2D eigenvalue weighted by Crippen LogP contribution is 2.43. The van der Waals surface area contributed by atoms with Crippen LogP contribution in [-0.2, 0) is 27.9 Å². The third-order valence-electron chi connectivity index (χ3n) is 9.25. The predicted molar refractivity (Wildman–Crippen MR) is 251 cm³/mol. The lowest BCUT2D eigenvalue weighted by Gasteiger charge is -2.20. The average Bonchev–Trinajstić information content (AvgIpc) is 3.24. The molecule has 0 spiro atoms. The summed E-state index contributed by atoms with van der Waals surface area (Å²) in [6.07, 6.45) is 58.0. The molecule has 60 heavy (non-hydrogen) atoms. The second kappa shape index (κ2) is 45.9. The molecule has 0 aromatic rings. The lowest BCUT2D eigenvalue weighted by molar-refractivity contribution is -0.154. The summed E-state index contributed by atoms with van der Waals surface area (Å²) in [5.41, 5.74) is 0. The van der Waals surface area contributed by atoms with Crippen LogP contribution in [0.3, 0.4) is 0 Å². The standard InChI is InChI=1S/C50H85O9P/c1-3-5-7-9-11-13-15-17-19-21-23-25-27-29-31-33-35-37-39-41-43-56-46-49(47-58-60(54,55)57-45-48(52)44-51)59-50(53)42-40-38-36-34-32-30-28-26-24-22-20-18-16-14-12-10-8-6-4-2/h5,7,11-14,17-20,23,25,29,31,35,37,48-49,51-52H,3-4,6,8-10,15-16,21-22,24,26-28,30,32-34,36,38-47H2,1-2H3,(H,54,55)/b7-5-,13-11-,14-12-,19-17-,20-18-,25-23-,31-29-,37-35-. The Morgan fingerprint density at radius 2 is 0.950 bits per heavy atom. The van der Waals surface area contributed by atoms with Gasteiger partial charge in [-0.2, -0.15) is 0 Å². The number of carbonyl (C=O) groups excluding carboxylic acids is 1. The second-order valence-corrected chi connectivity index (χ2v) is 16.5. The van der Waals surface area contributed by atoms with Gasteiger partial charge in [-0.3, -0.25) is 13.8 Å². The number of unbranched alkanes of at least 4 members (excludes halogenated alkanes) is 13. The Hall–Kier alpha value is -2.62. The van der Waals surface area contributed by atoms with Crippen molar-refractivity contribution in [3.05, 3.63) is 97.2 Å². The first-order valence-corrected chi connectivity index (χ1v) is 24.7. The van der Waals surface area contributed by atoms with Gasteiger partial charge in [0, 0.05) is 13.0 Å². The summed E-state index contributed by atoms with van der Waals surface area (Å²) in [6, 6.07) is 0. The lowest BCUT2D eigenvalue weighted by Crippen LogP contribution is -2.29. The fourth-order valence-electron chi connectivity index (χ4n) is 5.75. The van der Waals surface area contributed by atoms with E-state index < -0.39 is 45.8 Å². The van der Waals surface area contributed by atoms with E-state index in [0.29, 0.717) is 13.0 Å². The largest absolute Gasteiger partial charge is 0.472 e. The van der Waals surface area contributed by atoms with Crippen molar-refractivity contribution in [2.75, 3.05) is 33.0 Å². The minimum absolute atomic E-state index is 0.00157. The Bertz CT molecular complexity index is 1250. The molecule has 3 N–H and O–H groups in total. The topological polar surface area (TPSA) is 132 Å². The quantitative estimate of drug-likeness (QED) is 0.0237. The van der Waals surface area contributed by atoms with Gasteiger partial charge < -0.3 is 24.6 Å². The number of esters is 1. The van der Waals surface area contributed by atoms with Gasteiger partial charge in [0.15, 0.2) is 0 Å². The fourth-order valence-corrected chi connectivity index (χ4v) is 6.54. The molecule has 0 bridgehead atoms. The molecule has 0 aliphatic carbocycles. The summed E-state index contributed by atoms with van der Waals surface area (Å²) in [4.78, 5) is 22.6. The van der Waals surface area contributed by atoms with E-state index in [1.165, 1.54) is 57.8 Å². The van der Waals surface area contributed by atoms with Crippen LogP contribution in [0.5, 0.6) is 0 Å². The molecule has 3 unspecified atom stereocenters. The summed E-state index contributed by atoms with van der Waals surface area (Å²) in [5, 5.41) is 18.4. The van der Waals surface area contributed by atoms with Crippen molar-refractivity contribution in [3.63, 3.8) is 0 Å². The summed E-state index contributed by atoms with van der Waals surface area (Å²) in [5.74, 6) is -0.411. The predicted octanol–water partition coefficient (Wildman–Crippen LogP) is 13.3. The fraction of sp³-hybridized carbons (Fsp3) is 0.660. The van der Waals surface area contributed by atoms with E-state index in [-0.39, 0.29) is 13.0 Å². The number of phosphoric acid groups is 1. The van der Waals surface area contributed by atoms with Crippen molar-refractivity contribution in [2.24, 2.45) is 0 Å². The zero-order chi connectivity index (χ0) is 43.9. The third-order valence-corrected chi connectivity index (χ3v) is 10.2. The van der Waals surface area contributed by atoms with Crippen molar-refractivity contribution in [3.8, 4) is 0 Å². The molecule has 0 saturated heterocycles. The molecule has 344 valence electrons. The molecule has 0 amide bonds. The first kappa shape index (κ1) is 57.4. The maximum atomic E-state index is 12.6. The van der Waals surface area contributed by atoms with Gasteiger partial charge in [0.2, 0.25) is 0 Å². The Morgan fingerprint density at radius 3 is 1.43 bits per heavy atom. The van der Waals surface area contributed by atoms with Crippen LogP contribution in [-0.4, -0.2) is 66.3 Å². The smallest absolute Gasteiger partial charge is 0.457 e. The van der Waals surface area contributed by atoms with Gasteiger partial charge in [-0.1, -0.05) is 169 Å². The monoisotopic (exact) mass is 861 g/mol. The van der Waals surface area contributed by atoms with Crippen LogP contribution >= 0.6 is 7.82 Å². The van der Waals surface area contributed by atoms with Crippen molar-refractivity contribution < 1.29 is 43.0 Å². The number of rotatable bonds is 43. The molecule has 0 aliphatic heterocycles. The third kappa shape index (κ3) is 44.9. The van der Waals surface area contributed by atoms with E-state index in [2.05, 4.69) is 111 Å². The second-order valence-electron chi connectivity index (χ2n) is 15.0. The van der Waals surface area contributed by atoms with Crippen molar-refractivity contribution in [1.29, 1.82) is 0 Å². The molecule has 0 radical (unpaired) electrons. The van der Waals surface area contributed by atoms with E-state index in [4.69, 9.17) is 23.6 Å². The SMILES string of the molecule is CC/C=C\C/C=C\C/C=C\C/C=C\C/C=C\C/C=C\CCCOCC(COP(=O)(O)OCC(O)CO)OC(=O)CCCCCCCCCCC/C=C\C/C=C\CCCCC. The van der Waals surface area contributed by atoms with E-state index in [1.54, 1.807) is 0 Å². The molecular weight excluding hydrogens is 776 g/mol. The zero-order valence-electron chi connectivity index (χ0n) is 37.6. The van der Waals surface area contributed by atoms with E-state index >= 15 is 0 Å². The van der Waals surface area contributed by atoms with Crippen molar-refractivity contribution in [1.82, 2.24) is 0 Å². The molecule has 10 heteroatoms. The van der Waals surface area contributed by atoms with Crippen molar-refractivity contribution >= 4 is 13.8 Å². The normalized spacial score (nSPS) is 14.8. The van der Waals surface area contributed by atoms with Crippen LogP contribution in [0.25, 0.3) is 0 Å². The van der Waals surface area contributed by atoms with Crippen molar-refractivity contribution in [2.45, 2.75) is 180 Å². The van der Waals surface area contributed by atoms with Crippen LogP contribution in [0.2, 0.25) is 0 Å². The number of ether oxygens (including phenoxy) is 2. The van der Waals surface area contributed by atoms with Gasteiger partial charge in [-0.25, -0.2) is 4.57 Å². The average molecular weight is 861 g/mol. The van der Waals surface area contributed by atoms with Crippen LogP contribution in [0.4, 0.5) is 0 Å². The van der Waals surface area contributed by atoms with Crippen LogP contribution in [0.15, 0.2) is 97.2 Å².